The van der Waals surface area contributed by atoms with E-state index in [9.17, 15) is 14.7 Å². The number of morpholine rings is 1. The second-order valence-electron chi connectivity index (χ2n) is 4.89. The second-order valence-corrected chi connectivity index (χ2v) is 4.89. The van der Waals surface area contributed by atoms with Crippen molar-refractivity contribution in [3.05, 3.63) is 23.8 Å². The van der Waals surface area contributed by atoms with Gasteiger partial charge in [0.05, 0.1) is 32.3 Å². The Morgan fingerprint density at radius 1 is 1.38 bits per heavy atom. The Morgan fingerprint density at radius 3 is 2.62 bits per heavy atom. The zero-order valence-electron chi connectivity index (χ0n) is 11.9. The largest absolute Gasteiger partial charge is 0.507 e. The number of hydrogen-bond donors (Lipinski definition) is 2. The van der Waals surface area contributed by atoms with Crippen LogP contribution in [0.5, 0.6) is 5.75 Å². The predicted octanol–water partition coefficient (Wildman–Crippen LogP) is 0.524. The van der Waals surface area contributed by atoms with E-state index in [4.69, 9.17) is 10.5 Å². The van der Waals surface area contributed by atoms with Crippen LogP contribution in [0.15, 0.2) is 18.2 Å². The molecule has 1 saturated heterocycles. The fourth-order valence-electron chi connectivity index (χ4n) is 2.60. The van der Waals surface area contributed by atoms with Crippen LogP contribution in [-0.4, -0.2) is 50.5 Å². The number of carbonyl (C=O) groups is 2. The number of phenolic OH excluding ortho intramolecular Hbond substituents is 1. The molecule has 21 heavy (non-hydrogen) atoms. The van der Waals surface area contributed by atoms with Crippen molar-refractivity contribution < 1.29 is 24.2 Å². The number of urea groups is 1. The molecule has 1 aliphatic rings. The summed E-state index contributed by atoms with van der Waals surface area (Å²) in [5.41, 5.74) is 6.49. The molecule has 0 atom stereocenters. The first-order valence-electron chi connectivity index (χ1n) is 6.64. The lowest BCUT2D eigenvalue weighted by molar-refractivity contribution is -0.139. The summed E-state index contributed by atoms with van der Waals surface area (Å²) in [5, 5.41) is 10.1. The number of benzene rings is 1. The molecule has 1 aliphatic heterocycles. The number of ether oxygens (including phenoxy) is 2. The smallest absolute Gasteiger partial charge is 0.419 e. The molecule has 0 radical (unpaired) electrons. The van der Waals surface area contributed by atoms with E-state index in [0.29, 0.717) is 37.6 Å². The van der Waals surface area contributed by atoms with Crippen LogP contribution in [0.4, 0.5) is 10.5 Å². The normalized spacial score (nSPS) is 17.2. The fourth-order valence-corrected chi connectivity index (χ4v) is 2.60. The topological polar surface area (TPSA) is 98.9 Å². The van der Waals surface area contributed by atoms with Crippen LogP contribution in [-0.2, 0) is 20.7 Å². The van der Waals surface area contributed by atoms with Gasteiger partial charge in [0, 0.05) is 6.07 Å². The van der Waals surface area contributed by atoms with Gasteiger partial charge in [0.25, 0.3) is 0 Å². The third-order valence-electron chi connectivity index (χ3n) is 3.79. The number of hydrogen-bond acceptors (Lipinski definition) is 5. The molecule has 1 heterocycles. The van der Waals surface area contributed by atoms with Crippen LogP contribution < -0.4 is 10.2 Å². The van der Waals surface area contributed by atoms with Crippen molar-refractivity contribution in [2.24, 2.45) is 5.73 Å². The van der Waals surface area contributed by atoms with Crippen LogP contribution in [0.2, 0.25) is 0 Å². The van der Waals surface area contributed by atoms with Crippen LogP contribution in [0.3, 0.4) is 0 Å². The van der Waals surface area contributed by atoms with E-state index in [1.807, 2.05) is 0 Å². The molecule has 0 bridgehead atoms. The fraction of sp³-hybridized carbons (Fsp3) is 0.429. The summed E-state index contributed by atoms with van der Waals surface area (Å²) in [7, 11) is 1.27. The van der Waals surface area contributed by atoms with Gasteiger partial charge in [-0.2, -0.15) is 0 Å². The van der Waals surface area contributed by atoms with E-state index in [-0.39, 0.29) is 16.7 Å². The third kappa shape index (κ3) is 2.84. The first-order valence-corrected chi connectivity index (χ1v) is 6.64. The maximum Gasteiger partial charge on any atom is 0.419 e. The number of carbonyl (C=O) groups excluding carboxylic acids is 2. The number of nitrogens with two attached hydrogens (primary N) is 1. The Balaban J connectivity index is 2.52. The second kappa shape index (κ2) is 6.11. The van der Waals surface area contributed by atoms with Gasteiger partial charge in [-0.25, -0.2) is 9.28 Å². The van der Waals surface area contributed by atoms with E-state index in [1.54, 1.807) is 12.1 Å². The summed E-state index contributed by atoms with van der Waals surface area (Å²) in [6.07, 6.45) is -0.118. The van der Waals surface area contributed by atoms with E-state index >= 15 is 0 Å². The number of methoxy groups -OCH3 is 1. The Hall–Kier alpha value is -2.12. The van der Waals surface area contributed by atoms with Gasteiger partial charge >= 0.3 is 12.0 Å². The van der Waals surface area contributed by atoms with Gasteiger partial charge in [-0.05, 0) is 6.07 Å². The highest BCUT2D eigenvalue weighted by atomic mass is 16.5. The number of rotatable bonds is 3. The number of aromatic hydroxyl groups is 1. The van der Waals surface area contributed by atoms with Crippen LogP contribution in [0.1, 0.15) is 5.56 Å². The molecule has 0 unspecified atom stereocenters. The minimum Gasteiger partial charge on any atom is -0.507 e. The van der Waals surface area contributed by atoms with E-state index < -0.39 is 12.0 Å². The van der Waals surface area contributed by atoms with Crippen molar-refractivity contribution in [2.45, 2.75) is 6.42 Å². The lowest BCUT2D eigenvalue weighted by Crippen LogP contribution is -2.62. The van der Waals surface area contributed by atoms with Gasteiger partial charge in [0.15, 0.2) is 0 Å². The summed E-state index contributed by atoms with van der Waals surface area (Å²) < 4.78 is 9.80. The van der Waals surface area contributed by atoms with Gasteiger partial charge in [-0.1, -0.05) is 6.07 Å². The highest BCUT2D eigenvalue weighted by Crippen LogP contribution is 2.34. The predicted molar refractivity (Wildman–Crippen MR) is 75.8 cm³/mol. The van der Waals surface area contributed by atoms with Crippen molar-refractivity contribution in [2.75, 3.05) is 33.4 Å². The van der Waals surface area contributed by atoms with Gasteiger partial charge in [0.1, 0.15) is 24.5 Å². The third-order valence-corrected chi connectivity index (χ3v) is 3.79. The van der Waals surface area contributed by atoms with Gasteiger partial charge in [-0.3, -0.25) is 4.79 Å². The molecule has 2 amide bonds. The van der Waals surface area contributed by atoms with Crippen LogP contribution in [0.25, 0.3) is 0 Å². The van der Waals surface area contributed by atoms with Gasteiger partial charge in [-0.15, -0.1) is 0 Å². The maximum absolute atomic E-state index is 12.0. The standard InChI is InChI=1S/C14H18N2O5/c1-20-13(18)9-10-11(3-2-4-12(10)17)16(14(15)19)5-7-21-8-6-16/h2-4H,5-9H2,1H3,(H2-,15,17,19)/p+1. The van der Waals surface area contributed by atoms with Crippen molar-refractivity contribution in [3.8, 4) is 5.75 Å². The van der Waals surface area contributed by atoms with E-state index in [0.717, 1.165) is 0 Å². The minimum atomic E-state index is -0.532. The Kier molecular flexibility index (Phi) is 4.44. The molecular weight excluding hydrogens is 276 g/mol. The number of phenols is 1. The summed E-state index contributed by atoms with van der Waals surface area (Å²) in [5.74, 6) is -0.545. The van der Waals surface area contributed by atoms with E-state index in [1.165, 1.54) is 13.2 Å². The van der Waals surface area contributed by atoms with Crippen molar-refractivity contribution in [3.63, 3.8) is 0 Å². The highest BCUT2D eigenvalue weighted by Gasteiger charge is 2.42. The number of amides is 2. The molecule has 0 aromatic heterocycles. The molecule has 7 nitrogen and oxygen atoms in total. The SMILES string of the molecule is COC(=O)Cc1c(O)cccc1[N+]1(C(N)=O)CCOCC1. The summed E-state index contributed by atoms with van der Waals surface area (Å²) in [6, 6.07) is 4.27. The molecule has 2 rings (SSSR count). The first kappa shape index (κ1) is 15.3. The number of primary amides is 1. The molecule has 7 heteroatoms. The zero-order chi connectivity index (χ0) is 15.5. The quantitative estimate of drug-likeness (QED) is 0.626. The lowest BCUT2D eigenvalue weighted by Gasteiger charge is -2.37. The summed E-state index contributed by atoms with van der Waals surface area (Å²) in [6.45, 7) is 1.51. The summed E-state index contributed by atoms with van der Waals surface area (Å²) in [4.78, 5) is 23.6. The minimum absolute atomic E-state index is 0.0526. The molecule has 1 aromatic rings. The molecule has 1 aromatic carbocycles. The average Bonchev–Trinajstić information content (AvgIpc) is 2.49. The average molecular weight is 295 g/mol. The highest BCUT2D eigenvalue weighted by molar-refractivity contribution is 5.88. The van der Waals surface area contributed by atoms with Gasteiger partial charge < -0.3 is 20.3 Å². The first-order chi connectivity index (χ1) is 10.0. The van der Waals surface area contributed by atoms with E-state index in [2.05, 4.69) is 4.74 Å². The number of esters is 1. The molecule has 1 fully saturated rings. The molecule has 3 N–H and O–H groups in total. The molecule has 0 aliphatic carbocycles. The molecule has 0 saturated carbocycles. The zero-order valence-corrected chi connectivity index (χ0v) is 11.9. The van der Waals surface area contributed by atoms with Crippen molar-refractivity contribution in [1.82, 2.24) is 4.48 Å². The monoisotopic (exact) mass is 295 g/mol. The van der Waals surface area contributed by atoms with Crippen molar-refractivity contribution >= 4 is 17.7 Å². The lowest BCUT2D eigenvalue weighted by atomic mass is 10.0. The number of nitrogens with zero attached hydrogens (tertiary/aromatic N) is 1. The van der Waals surface area contributed by atoms with Crippen LogP contribution >= 0.6 is 0 Å². The number of quaternary nitrogens is 1. The van der Waals surface area contributed by atoms with Gasteiger partial charge in [0.2, 0.25) is 0 Å². The Labute approximate surface area is 122 Å². The van der Waals surface area contributed by atoms with Crippen molar-refractivity contribution in [1.29, 1.82) is 0 Å². The Morgan fingerprint density at radius 2 is 2.05 bits per heavy atom. The molecule has 114 valence electrons. The maximum atomic E-state index is 12.0. The summed E-state index contributed by atoms with van der Waals surface area (Å²) >= 11 is 0. The molecular formula is C14H19N2O5+. The van der Waals surface area contributed by atoms with Crippen LogP contribution in [0, 0.1) is 0 Å². The Bertz CT molecular complexity index is 552. The molecule has 0 spiro atoms.